The number of nitrogens with one attached hydrogen (secondary N) is 2. The summed E-state index contributed by atoms with van der Waals surface area (Å²) in [6.45, 7) is 0.0543. The van der Waals surface area contributed by atoms with E-state index in [9.17, 15) is 14.7 Å². The topological polar surface area (TPSA) is 95.3 Å². The number of H-pyrrole nitrogens is 1. The Morgan fingerprint density at radius 1 is 1.25 bits per heavy atom. The number of hydrogen-bond acceptors (Lipinski definition) is 4. The molecule has 24 heavy (non-hydrogen) atoms. The number of furan rings is 1. The van der Waals surface area contributed by atoms with Crippen LogP contribution in [0.5, 0.6) is 0 Å². The largest absolute Gasteiger partial charge is 0.463 e. The van der Waals surface area contributed by atoms with Crippen LogP contribution < -0.4 is 10.9 Å². The minimum atomic E-state index is -0.449. The van der Waals surface area contributed by atoms with Gasteiger partial charge in [-0.05, 0) is 37.1 Å². The SMILES string of the molecule is O=C(NC1CCCCCC1CO)c1ccc(-c2ccco2)[nH]c1=O. The molecule has 0 radical (unpaired) electrons. The first-order valence-corrected chi connectivity index (χ1v) is 8.38. The average Bonchev–Trinajstić information content (AvgIpc) is 3.02. The molecule has 0 aromatic carbocycles. The number of amides is 1. The Hall–Kier alpha value is -2.34. The van der Waals surface area contributed by atoms with Gasteiger partial charge in [-0.2, -0.15) is 0 Å². The number of rotatable bonds is 4. The van der Waals surface area contributed by atoms with Gasteiger partial charge in [0.2, 0.25) is 0 Å². The van der Waals surface area contributed by atoms with Gasteiger partial charge in [-0.25, -0.2) is 0 Å². The first kappa shape index (κ1) is 16.5. The minimum Gasteiger partial charge on any atom is -0.463 e. The molecule has 1 amide bonds. The smallest absolute Gasteiger partial charge is 0.261 e. The van der Waals surface area contributed by atoms with Crippen molar-refractivity contribution in [2.75, 3.05) is 6.61 Å². The van der Waals surface area contributed by atoms with Crippen LogP contribution in [0, 0.1) is 5.92 Å². The van der Waals surface area contributed by atoms with Crippen molar-refractivity contribution < 1.29 is 14.3 Å². The molecule has 0 saturated heterocycles. The standard InChI is InChI=1S/C18H22N2O4/c21-11-12-5-2-1-3-6-14(12)19-17(22)13-8-9-15(20-18(13)23)16-7-4-10-24-16/h4,7-10,12,14,21H,1-3,5-6,11H2,(H,19,22)(H,20,23). The highest BCUT2D eigenvalue weighted by molar-refractivity contribution is 5.94. The third-order valence-corrected chi connectivity index (χ3v) is 4.65. The van der Waals surface area contributed by atoms with E-state index in [1.165, 1.54) is 12.3 Å². The van der Waals surface area contributed by atoms with Crippen LogP contribution in [0.15, 0.2) is 39.7 Å². The van der Waals surface area contributed by atoms with Crippen LogP contribution in [0.2, 0.25) is 0 Å². The molecule has 0 spiro atoms. The number of hydrogen-bond donors (Lipinski definition) is 3. The monoisotopic (exact) mass is 330 g/mol. The summed E-state index contributed by atoms with van der Waals surface area (Å²) in [6.07, 6.45) is 6.45. The second kappa shape index (κ2) is 7.49. The van der Waals surface area contributed by atoms with Gasteiger partial charge in [0.15, 0.2) is 0 Å². The maximum Gasteiger partial charge on any atom is 0.261 e. The second-order valence-electron chi connectivity index (χ2n) is 6.25. The lowest BCUT2D eigenvalue weighted by atomic mass is 9.95. The lowest BCUT2D eigenvalue weighted by Gasteiger charge is -2.24. The predicted octanol–water partition coefficient (Wildman–Crippen LogP) is 2.31. The van der Waals surface area contributed by atoms with Crippen LogP contribution in [-0.2, 0) is 0 Å². The molecule has 2 aromatic heterocycles. The summed E-state index contributed by atoms with van der Waals surface area (Å²) < 4.78 is 5.24. The summed E-state index contributed by atoms with van der Waals surface area (Å²) in [6, 6.07) is 6.55. The maximum absolute atomic E-state index is 12.5. The van der Waals surface area contributed by atoms with Gasteiger partial charge in [-0.1, -0.05) is 19.3 Å². The number of aliphatic hydroxyl groups is 1. The first-order chi connectivity index (χ1) is 11.7. The van der Waals surface area contributed by atoms with E-state index in [-0.39, 0.29) is 24.1 Å². The highest BCUT2D eigenvalue weighted by Gasteiger charge is 2.25. The van der Waals surface area contributed by atoms with Gasteiger partial charge in [0.05, 0.1) is 12.0 Å². The van der Waals surface area contributed by atoms with E-state index in [1.807, 2.05) is 0 Å². The van der Waals surface area contributed by atoms with E-state index < -0.39 is 11.5 Å². The van der Waals surface area contributed by atoms with Crippen molar-refractivity contribution in [2.45, 2.75) is 38.1 Å². The van der Waals surface area contributed by atoms with E-state index in [1.54, 1.807) is 18.2 Å². The van der Waals surface area contributed by atoms with Crippen LogP contribution in [0.1, 0.15) is 42.5 Å². The first-order valence-electron chi connectivity index (χ1n) is 8.38. The fraction of sp³-hybridized carbons (Fsp3) is 0.444. The predicted molar refractivity (Wildman–Crippen MR) is 89.7 cm³/mol. The maximum atomic E-state index is 12.5. The quantitative estimate of drug-likeness (QED) is 0.750. The van der Waals surface area contributed by atoms with Crippen molar-refractivity contribution >= 4 is 5.91 Å². The number of pyridine rings is 1. The Bertz CT molecular complexity index is 736. The highest BCUT2D eigenvalue weighted by atomic mass is 16.3. The van der Waals surface area contributed by atoms with Crippen molar-refractivity contribution in [3.63, 3.8) is 0 Å². The molecule has 3 N–H and O–H groups in total. The van der Waals surface area contributed by atoms with Crippen LogP contribution in [-0.4, -0.2) is 28.6 Å². The molecule has 0 aliphatic heterocycles. The van der Waals surface area contributed by atoms with E-state index in [2.05, 4.69) is 10.3 Å². The van der Waals surface area contributed by atoms with Gasteiger partial charge in [0.1, 0.15) is 11.3 Å². The van der Waals surface area contributed by atoms with Gasteiger partial charge < -0.3 is 19.8 Å². The van der Waals surface area contributed by atoms with Crippen LogP contribution in [0.3, 0.4) is 0 Å². The lowest BCUT2D eigenvalue weighted by Crippen LogP contribution is -2.42. The normalized spacial score (nSPS) is 21.2. The third kappa shape index (κ3) is 3.59. The van der Waals surface area contributed by atoms with Crippen molar-refractivity contribution in [3.8, 4) is 11.5 Å². The molecule has 1 fully saturated rings. The lowest BCUT2D eigenvalue weighted by molar-refractivity contribution is 0.0898. The molecule has 1 aliphatic rings. The summed E-state index contributed by atoms with van der Waals surface area (Å²) in [5.41, 5.74) is 0.158. The Morgan fingerprint density at radius 3 is 2.79 bits per heavy atom. The Balaban J connectivity index is 1.76. The molecule has 2 heterocycles. The molecule has 1 saturated carbocycles. The van der Waals surface area contributed by atoms with Gasteiger partial charge in [-0.15, -0.1) is 0 Å². The number of aliphatic hydroxyl groups excluding tert-OH is 1. The Morgan fingerprint density at radius 2 is 2.08 bits per heavy atom. The summed E-state index contributed by atoms with van der Waals surface area (Å²) >= 11 is 0. The van der Waals surface area contributed by atoms with E-state index >= 15 is 0 Å². The number of carbonyl (C=O) groups is 1. The van der Waals surface area contributed by atoms with Crippen LogP contribution >= 0.6 is 0 Å². The number of carbonyl (C=O) groups excluding carboxylic acids is 1. The Labute approximate surface area is 139 Å². The Kier molecular flexibility index (Phi) is 5.15. The fourth-order valence-electron chi connectivity index (χ4n) is 3.27. The molecular weight excluding hydrogens is 308 g/mol. The van der Waals surface area contributed by atoms with Gasteiger partial charge >= 0.3 is 0 Å². The van der Waals surface area contributed by atoms with Gasteiger partial charge in [0.25, 0.3) is 11.5 Å². The molecule has 6 heteroatoms. The zero-order valence-electron chi connectivity index (χ0n) is 13.5. The van der Waals surface area contributed by atoms with Crippen molar-refractivity contribution in [3.05, 3.63) is 46.4 Å². The summed E-state index contributed by atoms with van der Waals surface area (Å²) in [7, 11) is 0. The zero-order chi connectivity index (χ0) is 16.9. The molecule has 6 nitrogen and oxygen atoms in total. The molecule has 2 atom stereocenters. The fourth-order valence-corrected chi connectivity index (χ4v) is 3.27. The summed E-state index contributed by atoms with van der Waals surface area (Å²) in [5, 5.41) is 12.5. The minimum absolute atomic E-state index is 0.0536. The van der Waals surface area contributed by atoms with Crippen molar-refractivity contribution in [1.82, 2.24) is 10.3 Å². The summed E-state index contributed by atoms with van der Waals surface area (Å²) in [5.74, 6) is 0.202. The van der Waals surface area contributed by atoms with Crippen LogP contribution in [0.25, 0.3) is 11.5 Å². The number of aromatic nitrogens is 1. The molecule has 2 unspecified atom stereocenters. The molecule has 1 aliphatic carbocycles. The van der Waals surface area contributed by atoms with E-state index in [0.717, 1.165) is 32.1 Å². The van der Waals surface area contributed by atoms with Crippen LogP contribution in [0.4, 0.5) is 0 Å². The van der Waals surface area contributed by atoms with Gasteiger partial charge in [-0.3, -0.25) is 9.59 Å². The van der Waals surface area contributed by atoms with Crippen molar-refractivity contribution in [1.29, 1.82) is 0 Å². The molecular formula is C18H22N2O4. The van der Waals surface area contributed by atoms with E-state index in [4.69, 9.17) is 4.42 Å². The van der Waals surface area contributed by atoms with Gasteiger partial charge in [0, 0.05) is 18.6 Å². The average molecular weight is 330 g/mol. The zero-order valence-corrected chi connectivity index (χ0v) is 13.5. The molecule has 128 valence electrons. The number of aromatic amines is 1. The van der Waals surface area contributed by atoms with E-state index in [0.29, 0.717) is 11.5 Å². The summed E-state index contributed by atoms with van der Waals surface area (Å²) in [4.78, 5) is 27.4. The third-order valence-electron chi connectivity index (χ3n) is 4.65. The second-order valence-corrected chi connectivity index (χ2v) is 6.25. The molecule has 2 aromatic rings. The highest BCUT2D eigenvalue weighted by Crippen LogP contribution is 2.23. The molecule has 0 bridgehead atoms. The molecule has 3 rings (SSSR count). The van der Waals surface area contributed by atoms with Crippen molar-refractivity contribution in [2.24, 2.45) is 5.92 Å².